The molecular formula is C10H21N3O2S. The van der Waals surface area contributed by atoms with Crippen molar-refractivity contribution >= 4 is 23.2 Å². The number of methoxy groups -OCH3 is 1. The van der Waals surface area contributed by atoms with Crippen LogP contribution in [0.15, 0.2) is 0 Å². The third-order valence-corrected chi connectivity index (χ3v) is 2.10. The Morgan fingerprint density at radius 1 is 1.50 bits per heavy atom. The SMILES string of the molecule is COCCN(CCC(N)=S)C(=O)NC(C)C. The van der Waals surface area contributed by atoms with Crippen molar-refractivity contribution in [2.45, 2.75) is 26.3 Å². The van der Waals surface area contributed by atoms with Gasteiger partial charge < -0.3 is 20.7 Å². The number of carbonyl (C=O) groups excluding carboxylic acids is 1. The van der Waals surface area contributed by atoms with Gasteiger partial charge in [-0.1, -0.05) is 12.2 Å². The first-order chi connectivity index (χ1) is 7.47. The van der Waals surface area contributed by atoms with Crippen LogP contribution in [-0.2, 0) is 4.74 Å². The normalized spacial score (nSPS) is 10.2. The molecule has 0 heterocycles. The number of rotatable bonds is 7. The second-order valence-electron chi connectivity index (χ2n) is 3.80. The average Bonchev–Trinajstić information content (AvgIpc) is 2.16. The summed E-state index contributed by atoms with van der Waals surface area (Å²) in [7, 11) is 1.60. The van der Waals surface area contributed by atoms with Crippen LogP contribution in [0.1, 0.15) is 20.3 Å². The van der Waals surface area contributed by atoms with Crippen LogP contribution in [0.2, 0.25) is 0 Å². The third-order valence-electron chi connectivity index (χ3n) is 1.89. The highest BCUT2D eigenvalue weighted by Gasteiger charge is 2.13. The Labute approximate surface area is 102 Å². The van der Waals surface area contributed by atoms with Gasteiger partial charge in [0, 0.05) is 32.7 Å². The highest BCUT2D eigenvalue weighted by Crippen LogP contribution is 1.95. The number of carbonyl (C=O) groups is 1. The number of amides is 2. The molecule has 16 heavy (non-hydrogen) atoms. The van der Waals surface area contributed by atoms with Crippen molar-refractivity contribution in [3.63, 3.8) is 0 Å². The first-order valence-corrected chi connectivity index (χ1v) is 5.71. The van der Waals surface area contributed by atoms with Crippen LogP contribution in [0.5, 0.6) is 0 Å². The van der Waals surface area contributed by atoms with Gasteiger partial charge in [0.1, 0.15) is 0 Å². The zero-order valence-corrected chi connectivity index (χ0v) is 11.0. The summed E-state index contributed by atoms with van der Waals surface area (Å²) in [5.41, 5.74) is 5.41. The summed E-state index contributed by atoms with van der Waals surface area (Å²) in [6, 6.07) is 0.00525. The van der Waals surface area contributed by atoms with E-state index in [4.69, 9.17) is 22.7 Å². The smallest absolute Gasteiger partial charge is 0.317 e. The Kier molecular flexibility index (Phi) is 7.84. The minimum absolute atomic E-state index is 0.108. The molecule has 3 N–H and O–H groups in total. The van der Waals surface area contributed by atoms with E-state index in [0.717, 1.165) is 0 Å². The zero-order valence-electron chi connectivity index (χ0n) is 10.2. The molecule has 0 unspecified atom stereocenters. The molecule has 0 bridgehead atoms. The van der Waals surface area contributed by atoms with Crippen LogP contribution in [0.25, 0.3) is 0 Å². The van der Waals surface area contributed by atoms with Crippen molar-refractivity contribution in [3.8, 4) is 0 Å². The van der Waals surface area contributed by atoms with E-state index < -0.39 is 0 Å². The van der Waals surface area contributed by atoms with E-state index in [1.54, 1.807) is 12.0 Å². The Balaban J connectivity index is 4.17. The first-order valence-electron chi connectivity index (χ1n) is 5.30. The molecule has 0 aromatic carbocycles. The molecule has 0 aromatic heterocycles. The van der Waals surface area contributed by atoms with Gasteiger partial charge in [-0.25, -0.2) is 4.79 Å². The average molecular weight is 247 g/mol. The molecular weight excluding hydrogens is 226 g/mol. The second kappa shape index (κ2) is 8.29. The summed E-state index contributed by atoms with van der Waals surface area (Å²) in [6.07, 6.45) is 0.532. The van der Waals surface area contributed by atoms with Crippen LogP contribution in [0.3, 0.4) is 0 Å². The summed E-state index contributed by atoms with van der Waals surface area (Å²) >= 11 is 4.79. The van der Waals surface area contributed by atoms with Crippen LogP contribution >= 0.6 is 12.2 Å². The quantitative estimate of drug-likeness (QED) is 0.651. The van der Waals surface area contributed by atoms with Crippen molar-refractivity contribution < 1.29 is 9.53 Å². The summed E-state index contributed by atoms with van der Waals surface area (Å²) in [6.45, 7) is 5.40. The van der Waals surface area contributed by atoms with Gasteiger partial charge in [-0.2, -0.15) is 0 Å². The number of nitrogens with one attached hydrogen (secondary N) is 1. The molecule has 0 aliphatic carbocycles. The first kappa shape index (κ1) is 15.1. The summed E-state index contributed by atoms with van der Waals surface area (Å²) < 4.78 is 4.95. The molecule has 0 aliphatic rings. The standard InChI is InChI=1S/C10H21N3O2S/c1-8(2)12-10(14)13(6-7-15-3)5-4-9(11)16/h8H,4-7H2,1-3H3,(H2,11,16)(H,12,14). The van der Waals surface area contributed by atoms with Gasteiger partial charge in [0.25, 0.3) is 0 Å². The highest BCUT2D eigenvalue weighted by atomic mass is 32.1. The lowest BCUT2D eigenvalue weighted by Crippen LogP contribution is -2.45. The summed E-state index contributed by atoms with van der Waals surface area (Å²) in [5, 5.41) is 2.82. The number of ether oxygens (including phenoxy) is 1. The molecule has 0 aliphatic heterocycles. The van der Waals surface area contributed by atoms with Gasteiger partial charge in [-0.15, -0.1) is 0 Å². The number of hydrogen-bond acceptors (Lipinski definition) is 3. The summed E-state index contributed by atoms with van der Waals surface area (Å²) in [5.74, 6) is 0. The molecule has 6 heteroatoms. The maximum atomic E-state index is 11.7. The van der Waals surface area contributed by atoms with Gasteiger partial charge in [0.15, 0.2) is 0 Å². The molecule has 0 spiro atoms. The lowest BCUT2D eigenvalue weighted by molar-refractivity contribution is 0.149. The maximum Gasteiger partial charge on any atom is 0.317 e. The molecule has 0 rings (SSSR count). The van der Waals surface area contributed by atoms with E-state index in [1.807, 2.05) is 13.8 Å². The maximum absolute atomic E-state index is 11.7. The molecule has 0 atom stereocenters. The van der Waals surface area contributed by atoms with Crippen LogP contribution < -0.4 is 11.1 Å². The van der Waals surface area contributed by atoms with Crippen molar-refractivity contribution in [1.82, 2.24) is 10.2 Å². The molecule has 0 saturated heterocycles. The molecule has 94 valence electrons. The highest BCUT2D eigenvalue weighted by molar-refractivity contribution is 7.80. The van der Waals surface area contributed by atoms with Crippen molar-refractivity contribution in [3.05, 3.63) is 0 Å². The lowest BCUT2D eigenvalue weighted by Gasteiger charge is -2.23. The second-order valence-corrected chi connectivity index (χ2v) is 4.32. The fraction of sp³-hybridized carbons (Fsp3) is 0.800. The van der Waals surface area contributed by atoms with Crippen molar-refractivity contribution in [2.75, 3.05) is 26.8 Å². The van der Waals surface area contributed by atoms with E-state index >= 15 is 0 Å². The Hall–Kier alpha value is -0.880. The predicted molar refractivity (Wildman–Crippen MR) is 68.5 cm³/mol. The van der Waals surface area contributed by atoms with Gasteiger partial charge in [-0.05, 0) is 13.8 Å². The van der Waals surface area contributed by atoms with Crippen LogP contribution in [0.4, 0.5) is 4.79 Å². The Morgan fingerprint density at radius 2 is 2.12 bits per heavy atom. The van der Waals surface area contributed by atoms with Crippen molar-refractivity contribution in [1.29, 1.82) is 0 Å². The van der Waals surface area contributed by atoms with E-state index in [9.17, 15) is 4.79 Å². The predicted octanol–water partition coefficient (Wildman–Crippen LogP) is 0.729. The van der Waals surface area contributed by atoms with E-state index in [-0.39, 0.29) is 12.1 Å². The minimum atomic E-state index is -0.108. The Bertz CT molecular complexity index is 234. The largest absolute Gasteiger partial charge is 0.393 e. The monoisotopic (exact) mass is 247 g/mol. The van der Waals surface area contributed by atoms with Gasteiger partial charge in [-0.3, -0.25) is 0 Å². The minimum Gasteiger partial charge on any atom is -0.393 e. The number of nitrogens with two attached hydrogens (primary N) is 1. The molecule has 0 fully saturated rings. The number of hydrogen-bond donors (Lipinski definition) is 2. The fourth-order valence-corrected chi connectivity index (χ4v) is 1.19. The fourth-order valence-electron chi connectivity index (χ4n) is 1.10. The third kappa shape index (κ3) is 7.42. The van der Waals surface area contributed by atoms with E-state index in [0.29, 0.717) is 31.1 Å². The Morgan fingerprint density at radius 3 is 2.56 bits per heavy atom. The van der Waals surface area contributed by atoms with Crippen LogP contribution in [-0.4, -0.2) is 48.8 Å². The van der Waals surface area contributed by atoms with Gasteiger partial charge in [0.05, 0.1) is 11.6 Å². The van der Waals surface area contributed by atoms with E-state index in [2.05, 4.69) is 5.32 Å². The molecule has 0 aromatic rings. The van der Waals surface area contributed by atoms with Crippen molar-refractivity contribution in [2.24, 2.45) is 5.73 Å². The molecule has 0 saturated carbocycles. The number of urea groups is 1. The molecule has 0 radical (unpaired) electrons. The topological polar surface area (TPSA) is 67.6 Å². The van der Waals surface area contributed by atoms with E-state index in [1.165, 1.54) is 0 Å². The van der Waals surface area contributed by atoms with Gasteiger partial charge in [0.2, 0.25) is 0 Å². The lowest BCUT2D eigenvalue weighted by atomic mass is 10.3. The van der Waals surface area contributed by atoms with Gasteiger partial charge >= 0.3 is 6.03 Å². The zero-order chi connectivity index (χ0) is 12.6. The molecule has 5 nitrogen and oxygen atoms in total. The summed E-state index contributed by atoms with van der Waals surface area (Å²) in [4.78, 5) is 13.8. The molecule has 2 amide bonds. The number of nitrogens with zero attached hydrogens (tertiary/aromatic N) is 1. The number of thiocarbonyl (C=S) groups is 1. The van der Waals surface area contributed by atoms with Crippen LogP contribution in [0, 0.1) is 0 Å².